The fourth-order valence-electron chi connectivity index (χ4n) is 4.56. The number of carbonyl (C=O) groups is 1. The Morgan fingerprint density at radius 3 is 2.68 bits per heavy atom. The third-order valence-electron chi connectivity index (χ3n) is 5.86. The Labute approximate surface area is 149 Å². The lowest BCUT2D eigenvalue weighted by atomic mass is 9.76. The van der Waals surface area contributed by atoms with Gasteiger partial charge in [-0.3, -0.25) is 4.79 Å². The molecular weight excluding hydrogens is 334 g/mol. The number of hydrogen-bond donors (Lipinski definition) is 0. The molecule has 1 amide bonds. The van der Waals surface area contributed by atoms with Gasteiger partial charge in [-0.25, -0.2) is 8.42 Å². The van der Waals surface area contributed by atoms with Crippen molar-refractivity contribution in [3.05, 3.63) is 53.6 Å². The summed E-state index contributed by atoms with van der Waals surface area (Å²) in [5.41, 5.74) is 1.02. The molecule has 0 N–H and O–H groups in total. The standard InChI is InChI=1S/C20H23NO3S/c1-14-8-10-16(11-9-14)25(23,24)13-20(2)17-7-3-5-15-6-4-12-21(18(15)17)19(20)22/h3,5,7-11,15,18H,4,6,12-13H2,1-2H3. The highest BCUT2D eigenvalue weighted by Crippen LogP contribution is 2.49. The van der Waals surface area contributed by atoms with E-state index in [0.29, 0.717) is 10.8 Å². The van der Waals surface area contributed by atoms with Gasteiger partial charge in [-0.15, -0.1) is 0 Å². The van der Waals surface area contributed by atoms with E-state index in [0.717, 1.165) is 30.5 Å². The van der Waals surface area contributed by atoms with Gasteiger partial charge >= 0.3 is 0 Å². The second kappa shape index (κ2) is 5.56. The van der Waals surface area contributed by atoms with Crippen molar-refractivity contribution in [2.75, 3.05) is 12.3 Å². The van der Waals surface area contributed by atoms with Crippen LogP contribution in [0.3, 0.4) is 0 Å². The van der Waals surface area contributed by atoms with E-state index in [-0.39, 0.29) is 17.7 Å². The number of piperidine rings is 1. The first kappa shape index (κ1) is 16.6. The maximum Gasteiger partial charge on any atom is 0.234 e. The summed E-state index contributed by atoms with van der Waals surface area (Å²) >= 11 is 0. The molecule has 5 heteroatoms. The molecule has 2 aliphatic heterocycles. The Morgan fingerprint density at radius 2 is 1.96 bits per heavy atom. The third-order valence-corrected chi connectivity index (χ3v) is 7.81. The van der Waals surface area contributed by atoms with Crippen LogP contribution in [0, 0.1) is 18.3 Å². The lowest BCUT2D eigenvalue weighted by molar-refractivity contribution is -0.136. The molecule has 1 aromatic rings. The number of hydrogen-bond acceptors (Lipinski definition) is 3. The Morgan fingerprint density at radius 1 is 1.24 bits per heavy atom. The first-order valence-corrected chi connectivity index (χ1v) is 10.5. The van der Waals surface area contributed by atoms with E-state index >= 15 is 0 Å². The number of sulfone groups is 1. The molecule has 3 atom stereocenters. The summed E-state index contributed by atoms with van der Waals surface area (Å²) in [7, 11) is -3.54. The molecule has 1 aromatic carbocycles. The summed E-state index contributed by atoms with van der Waals surface area (Å²) in [5, 5.41) is 0. The van der Waals surface area contributed by atoms with Crippen LogP contribution < -0.4 is 0 Å². The van der Waals surface area contributed by atoms with Gasteiger partial charge in [0, 0.05) is 12.5 Å². The molecule has 0 saturated carbocycles. The second-order valence-electron chi connectivity index (χ2n) is 7.66. The van der Waals surface area contributed by atoms with Crippen LogP contribution in [0.15, 0.2) is 53.0 Å². The van der Waals surface area contributed by atoms with E-state index < -0.39 is 15.3 Å². The number of rotatable bonds is 3. The van der Waals surface area contributed by atoms with Crippen LogP contribution in [0.4, 0.5) is 0 Å². The fourth-order valence-corrected chi connectivity index (χ4v) is 6.33. The van der Waals surface area contributed by atoms with Gasteiger partial charge in [-0.05, 0) is 44.4 Å². The van der Waals surface area contributed by atoms with Crippen LogP contribution in [0.25, 0.3) is 0 Å². The van der Waals surface area contributed by atoms with E-state index in [4.69, 9.17) is 0 Å². The van der Waals surface area contributed by atoms with Crippen molar-refractivity contribution in [1.29, 1.82) is 0 Å². The van der Waals surface area contributed by atoms with Gasteiger partial charge in [0.15, 0.2) is 9.84 Å². The average Bonchev–Trinajstić information content (AvgIpc) is 2.79. The minimum Gasteiger partial charge on any atom is -0.335 e. The molecule has 2 heterocycles. The molecular formula is C20H23NO3S. The van der Waals surface area contributed by atoms with Crippen LogP contribution in [0.2, 0.25) is 0 Å². The molecule has 2 fully saturated rings. The molecule has 4 rings (SSSR count). The highest BCUT2D eigenvalue weighted by atomic mass is 32.2. The van der Waals surface area contributed by atoms with Crippen molar-refractivity contribution in [2.24, 2.45) is 11.3 Å². The van der Waals surface area contributed by atoms with Crippen LogP contribution in [0.5, 0.6) is 0 Å². The van der Waals surface area contributed by atoms with Gasteiger partial charge in [-0.2, -0.15) is 0 Å². The molecule has 1 aliphatic carbocycles. The van der Waals surface area contributed by atoms with Gasteiger partial charge in [0.25, 0.3) is 0 Å². The molecule has 2 saturated heterocycles. The van der Waals surface area contributed by atoms with E-state index in [2.05, 4.69) is 6.08 Å². The van der Waals surface area contributed by atoms with Crippen molar-refractivity contribution in [2.45, 2.75) is 37.6 Å². The second-order valence-corrected chi connectivity index (χ2v) is 9.65. The maximum atomic E-state index is 13.2. The molecule has 3 aliphatic rings. The highest BCUT2D eigenvalue weighted by Gasteiger charge is 2.57. The Balaban J connectivity index is 1.73. The van der Waals surface area contributed by atoms with Crippen LogP contribution in [0.1, 0.15) is 25.3 Å². The van der Waals surface area contributed by atoms with Gasteiger partial charge in [0.1, 0.15) is 0 Å². The zero-order chi connectivity index (χ0) is 17.8. The molecule has 132 valence electrons. The minimum atomic E-state index is -3.54. The number of nitrogens with zero attached hydrogens (tertiary/aromatic N) is 1. The van der Waals surface area contributed by atoms with Gasteiger partial charge in [0.05, 0.1) is 22.1 Å². The van der Waals surface area contributed by atoms with Crippen LogP contribution >= 0.6 is 0 Å². The summed E-state index contributed by atoms with van der Waals surface area (Å²) in [4.78, 5) is 15.4. The van der Waals surface area contributed by atoms with E-state index in [9.17, 15) is 13.2 Å². The molecule has 25 heavy (non-hydrogen) atoms. The van der Waals surface area contributed by atoms with Gasteiger partial charge < -0.3 is 4.90 Å². The van der Waals surface area contributed by atoms with Crippen LogP contribution in [-0.2, 0) is 14.6 Å². The first-order valence-electron chi connectivity index (χ1n) is 8.82. The Bertz CT molecular complexity index is 882. The Kier molecular flexibility index (Phi) is 3.69. The third kappa shape index (κ3) is 2.48. The number of amides is 1. The van der Waals surface area contributed by atoms with Gasteiger partial charge in [0.2, 0.25) is 5.91 Å². The number of allylic oxidation sites excluding steroid dienone is 2. The average molecular weight is 357 g/mol. The molecule has 0 aromatic heterocycles. The monoisotopic (exact) mass is 357 g/mol. The summed E-state index contributed by atoms with van der Waals surface area (Å²) in [6.07, 6.45) is 8.16. The van der Waals surface area contributed by atoms with Crippen molar-refractivity contribution in [3.63, 3.8) is 0 Å². The SMILES string of the molecule is Cc1ccc(S(=O)(=O)CC2(C)C(=O)N3CCCC4C=CC=C2C43)cc1. The van der Waals surface area contributed by atoms with E-state index in [1.807, 2.05) is 24.0 Å². The lowest BCUT2D eigenvalue weighted by Gasteiger charge is -2.37. The summed E-state index contributed by atoms with van der Waals surface area (Å²) in [6.45, 7) is 4.46. The molecule has 0 bridgehead atoms. The quantitative estimate of drug-likeness (QED) is 0.836. The van der Waals surface area contributed by atoms with Crippen molar-refractivity contribution < 1.29 is 13.2 Å². The predicted octanol–water partition coefficient (Wildman–Crippen LogP) is 2.89. The summed E-state index contributed by atoms with van der Waals surface area (Å²) < 4.78 is 26.0. The molecule has 0 radical (unpaired) electrons. The molecule has 4 nitrogen and oxygen atoms in total. The topological polar surface area (TPSA) is 54.5 Å². The number of benzene rings is 1. The zero-order valence-corrected chi connectivity index (χ0v) is 15.4. The normalized spacial score (nSPS) is 31.0. The van der Waals surface area contributed by atoms with Crippen molar-refractivity contribution >= 4 is 15.7 Å². The van der Waals surface area contributed by atoms with E-state index in [1.54, 1.807) is 31.2 Å². The van der Waals surface area contributed by atoms with Crippen molar-refractivity contribution in [3.8, 4) is 0 Å². The fraction of sp³-hybridized carbons (Fsp3) is 0.450. The summed E-state index contributed by atoms with van der Waals surface area (Å²) in [5.74, 6) is 0.121. The highest BCUT2D eigenvalue weighted by molar-refractivity contribution is 7.91. The Hall–Kier alpha value is -1.88. The van der Waals surface area contributed by atoms with E-state index in [1.165, 1.54) is 0 Å². The van der Waals surface area contributed by atoms with Gasteiger partial charge in [-0.1, -0.05) is 35.9 Å². The minimum absolute atomic E-state index is 0.0344. The predicted molar refractivity (Wildman–Crippen MR) is 96.8 cm³/mol. The maximum absolute atomic E-state index is 13.2. The number of aryl methyl sites for hydroxylation is 1. The molecule has 0 spiro atoms. The zero-order valence-electron chi connectivity index (χ0n) is 14.6. The first-order chi connectivity index (χ1) is 11.8. The summed E-state index contributed by atoms with van der Waals surface area (Å²) in [6, 6.07) is 6.92. The smallest absolute Gasteiger partial charge is 0.234 e. The van der Waals surface area contributed by atoms with Crippen molar-refractivity contribution in [1.82, 2.24) is 4.90 Å². The lowest BCUT2D eigenvalue weighted by Crippen LogP contribution is -2.44. The largest absolute Gasteiger partial charge is 0.335 e. The molecule has 3 unspecified atom stereocenters. The van der Waals surface area contributed by atoms with Crippen LogP contribution in [-0.4, -0.2) is 37.6 Å². The number of carbonyl (C=O) groups excluding carboxylic acids is 1.